The molecule has 12 heteroatoms. The second kappa shape index (κ2) is 33.2. The first-order valence-electron chi connectivity index (χ1n) is 44.4. The third-order valence-electron chi connectivity index (χ3n) is 27.0. The molecule has 4 aliphatic rings. The molecule has 20 rings (SSSR count). The van der Waals surface area contributed by atoms with E-state index in [1.807, 2.05) is 0 Å². The van der Waals surface area contributed by atoms with Crippen LogP contribution in [0.2, 0.25) is 0 Å². The molecule has 12 aromatic heterocycles. The second-order valence-corrected chi connectivity index (χ2v) is 36.2. The zero-order valence-electron chi connectivity index (χ0n) is 73.0. The van der Waals surface area contributed by atoms with E-state index in [9.17, 15) is 0 Å². The lowest BCUT2D eigenvalue weighted by atomic mass is 9.86. The number of nitrogens with zero attached hydrogens (tertiary/aromatic N) is 8. The van der Waals surface area contributed by atoms with E-state index in [0.29, 0.717) is 41.4 Å². The Balaban J connectivity index is 0.000000113. The van der Waals surface area contributed by atoms with Gasteiger partial charge in [0.2, 0.25) is 45.6 Å². The molecule has 0 saturated heterocycles. The fourth-order valence-corrected chi connectivity index (χ4v) is 20.2. The molecule has 0 aliphatic heterocycles. The number of aromatic nitrogens is 8. The molecule has 0 N–H and O–H groups in total. The largest absolute Gasteiger partial charge is 0.437 e. The average Bonchev–Trinajstić information content (AvgIpc) is 1.58. The minimum Gasteiger partial charge on any atom is -0.437 e. The molecule has 0 unspecified atom stereocenters. The molecule has 118 heavy (non-hydrogen) atoms. The van der Waals surface area contributed by atoms with Gasteiger partial charge in [-0.05, 0) is 222 Å². The second-order valence-electron chi connectivity index (χ2n) is 36.2. The Bertz CT molecular complexity index is 6500. The zero-order valence-corrected chi connectivity index (χ0v) is 73.0. The highest BCUT2D eigenvalue weighted by Crippen LogP contribution is 2.46. The van der Waals surface area contributed by atoms with E-state index in [-0.39, 0.29) is 0 Å². The minimum atomic E-state index is 0.378. The van der Waals surface area contributed by atoms with Crippen LogP contribution >= 0.6 is 0 Å². The van der Waals surface area contributed by atoms with E-state index in [1.165, 1.54) is 221 Å². The van der Waals surface area contributed by atoms with Crippen LogP contribution in [-0.2, 0) is 34.6 Å². The topological polar surface area (TPSA) is 120 Å². The lowest BCUT2D eigenvalue weighted by Gasteiger charge is -2.20. The van der Waals surface area contributed by atoms with Crippen molar-refractivity contribution < 1.29 is 35.9 Å². The van der Waals surface area contributed by atoms with Crippen molar-refractivity contribution in [2.45, 2.75) is 247 Å². The average molecular weight is 1570 g/mol. The normalized spacial score (nSPS) is 15.2. The zero-order chi connectivity index (χ0) is 82.1. The highest BCUT2D eigenvalue weighted by Gasteiger charge is 2.32. The highest BCUT2D eigenvalue weighted by atomic mass is 16.4. The smallest absolute Gasteiger partial charge is 0.227 e. The third kappa shape index (κ3) is 15.2. The summed E-state index contributed by atoms with van der Waals surface area (Å²) >= 11 is 0. The summed E-state index contributed by atoms with van der Waals surface area (Å²) in [5, 5.41) is 9.04. The summed E-state index contributed by atoms with van der Waals surface area (Å²) < 4.78 is 34.7. The number of hydrogen-bond acceptors (Lipinski definition) is 8. The minimum absolute atomic E-state index is 0.378. The Morgan fingerprint density at radius 2 is 0.627 bits per heavy atom. The van der Waals surface area contributed by atoms with Crippen LogP contribution in [0.3, 0.4) is 0 Å². The first-order chi connectivity index (χ1) is 57.0. The van der Waals surface area contributed by atoms with Gasteiger partial charge in [-0.1, -0.05) is 155 Å². The summed E-state index contributed by atoms with van der Waals surface area (Å²) in [6.45, 7) is 28.5. The Kier molecular flexibility index (Phi) is 22.5. The predicted octanol–water partition coefficient (Wildman–Crippen LogP) is 26.7. The maximum Gasteiger partial charge on any atom is 0.227 e. The van der Waals surface area contributed by atoms with E-state index in [0.717, 1.165) is 106 Å². The highest BCUT2D eigenvalue weighted by molar-refractivity contribution is 6.12. The fraction of sp³-hybridized carbons (Fsp3) is 0.396. The molecule has 12 heterocycles. The van der Waals surface area contributed by atoms with Crippen LogP contribution in [0.25, 0.3) is 133 Å². The van der Waals surface area contributed by atoms with Gasteiger partial charge in [0.05, 0.1) is 22.3 Å². The van der Waals surface area contributed by atoms with Crippen LogP contribution in [0.5, 0.6) is 0 Å². The summed E-state index contributed by atoms with van der Waals surface area (Å²) in [6, 6.07) is 49.0. The SMILES string of the molecule is CCc1ccc2c(n1)oc1c(-c3cc(C)c(C(C)C)c[n+]3C)c(C)ccc12.Cc1cc(-c2c(C)ccc3c2oc2nc(C(C)C)ccc23)[n+](C)cc1C(C)C.Cc1ccc2c(oc3nc(C4CCCC4)ccc32)c1-c1cc(C2CCCC2)cc[n+]1C.Cc1ccc2c(oc3nc(C4CCCCC4)ccc32)c1-c1cc(C2CCCC2)cc[n+]1C. The van der Waals surface area contributed by atoms with Gasteiger partial charge in [0.1, 0.15) is 28.2 Å². The first-order valence-corrected chi connectivity index (χ1v) is 44.4. The van der Waals surface area contributed by atoms with Gasteiger partial charge in [0.25, 0.3) is 0 Å². The van der Waals surface area contributed by atoms with E-state index in [1.54, 1.807) is 0 Å². The quantitative estimate of drug-likeness (QED) is 0.111. The van der Waals surface area contributed by atoms with Crippen molar-refractivity contribution in [3.05, 3.63) is 237 Å². The summed E-state index contributed by atoms with van der Waals surface area (Å²) in [5.41, 5.74) is 34.2. The summed E-state index contributed by atoms with van der Waals surface area (Å²) in [4.78, 5) is 19.5. The number of rotatable bonds is 12. The van der Waals surface area contributed by atoms with Crippen LogP contribution in [0.15, 0.2) is 176 Å². The van der Waals surface area contributed by atoms with Gasteiger partial charge in [-0.25, -0.2) is 38.2 Å². The Morgan fingerprint density at radius 3 is 0.983 bits per heavy atom. The lowest BCUT2D eigenvalue weighted by Crippen LogP contribution is -2.32. The Labute approximate surface area is 696 Å². The predicted molar refractivity (Wildman–Crippen MR) is 482 cm³/mol. The van der Waals surface area contributed by atoms with Crippen molar-refractivity contribution in [3.8, 4) is 45.0 Å². The summed E-state index contributed by atoms with van der Waals surface area (Å²) in [7, 11) is 8.53. The molecule has 4 saturated carbocycles. The summed E-state index contributed by atoms with van der Waals surface area (Å²) in [6.07, 6.45) is 32.2. The maximum atomic E-state index is 6.55. The lowest BCUT2D eigenvalue weighted by molar-refractivity contribution is -0.661. The van der Waals surface area contributed by atoms with Gasteiger partial charge in [-0.3, -0.25) is 0 Å². The van der Waals surface area contributed by atoms with E-state index in [4.69, 9.17) is 37.6 Å². The Hall–Kier alpha value is -10.7. The van der Waals surface area contributed by atoms with Gasteiger partial charge in [-0.2, -0.15) is 0 Å². The van der Waals surface area contributed by atoms with Crippen LogP contribution < -0.4 is 18.3 Å². The third-order valence-corrected chi connectivity index (χ3v) is 27.0. The molecule has 12 nitrogen and oxygen atoms in total. The van der Waals surface area contributed by atoms with Gasteiger partial charge >= 0.3 is 0 Å². The molecule has 0 bridgehead atoms. The van der Waals surface area contributed by atoms with E-state index < -0.39 is 0 Å². The van der Waals surface area contributed by atoms with Gasteiger partial charge in [-0.15, -0.1) is 0 Å². The molecule has 0 atom stereocenters. The fourth-order valence-electron chi connectivity index (χ4n) is 20.2. The van der Waals surface area contributed by atoms with Crippen molar-refractivity contribution in [3.63, 3.8) is 0 Å². The maximum absolute atomic E-state index is 6.55. The van der Waals surface area contributed by atoms with Crippen LogP contribution in [0.4, 0.5) is 0 Å². The van der Waals surface area contributed by atoms with E-state index in [2.05, 4.69) is 295 Å². The van der Waals surface area contributed by atoms with Crippen molar-refractivity contribution >= 4 is 88.3 Å². The first kappa shape index (κ1) is 79.7. The number of pyridine rings is 8. The number of fused-ring (bicyclic) bond motifs is 12. The number of benzene rings is 4. The van der Waals surface area contributed by atoms with Gasteiger partial charge in [0.15, 0.2) is 47.1 Å². The molecule has 604 valence electrons. The molecule has 16 aromatic rings. The van der Waals surface area contributed by atoms with E-state index >= 15 is 0 Å². The Morgan fingerprint density at radius 1 is 0.314 bits per heavy atom. The van der Waals surface area contributed by atoms with Gasteiger partial charge in [0, 0.05) is 125 Å². The van der Waals surface area contributed by atoms with Crippen molar-refractivity contribution in [1.29, 1.82) is 0 Å². The molecular formula is C106H120N8O4+4. The molecule has 0 amide bonds. The monoisotopic (exact) mass is 1570 g/mol. The van der Waals surface area contributed by atoms with Crippen molar-refractivity contribution in [1.82, 2.24) is 19.9 Å². The van der Waals surface area contributed by atoms with Gasteiger partial charge < -0.3 is 17.7 Å². The van der Waals surface area contributed by atoms with Crippen LogP contribution in [0.1, 0.15) is 277 Å². The van der Waals surface area contributed by atoms with Crippen molar-refractivity contribution in [2.75, 3.05) is 0 Å². The number of aryl methyl sites for hydroxylation is 11. The van der Waals surface area contributed by atoms with Crippen molar-refractivity contribution in [2.24, 2.45) is 28.2 Å². The molecule has 0 radical (unpaired) electrons. The molecular weight excluding hydrogens is 1450 g/mol. The molecule has 4 fully saturated rings. The van der Waals surface area contributed by atoms with Crippen LogP contribution in [-0.4, -0.2) is 19.9 Å². The van der Waals surface area contributed by atoms with Crippen LogP contribution in [0, 0.1) is 41.5 Å². The molecule has 4 aliphatic carbocycles. The number of hydrogen-bond donors (Lipinski definition) is 0. The number of furan rings is 4. The molecule has 4 aromatic carbocycles. The summed E-state index contributed by atoms with van der Waals surface area (Å²) in [5.74, 6) is 3.97. The molecule has 0 spiro atoms. The standard InChI is InChI=1S/C29H33N2O.C28H31N2O.C25H29N2O.C24H27N2O/c1-19-12-13-23-24-14-15-25(21-10-4-3-5-11-21)30-29(24)32-28(23)27(19)26-18-22(16-17-31(26)2)20-8-6-7-9-20;1-18-11-12-22-23-13-14-24(20-9-5-6-10-20)29-28(23)31-27(22)26(18)25-17-21(15-16-30(25)2)19-7-3-4-8-19;1-14(2)20-13-27(7)22(12-17(20)6)23-16(5)8-9-18-19-10-11-21(15(3)4)26-25(19)28-24(18)23;1-7-17-9-11-19-18-10-8-15(4)22(23(18)27-24(19)25-17)21-12-16(5)20(14(2)3)13-26(21)6/h12-18,20-21H,3-11H2,1-2H3;11-17,19-20H,3-10H2,1-2H3;8-15H,1-7H3;8-14H,7H2,1-6H3/q4*+1.